The minimum Gasteiger partial charge on any atom is -0.574 e. The molecule has 1 unspecified atom stereocenters. The molecule has 5 atom stereocenters. The van der Waals surface area contributed by atoms with Crippen LogP contribution in [0.3, 0.4) is 0 Å². The number of anilines is 1. The summed E-state index contributed by atoms with van der Waals surface area (Å²) in [4.78, 5) is 54.5. The van der Waals surface area contributed by atoms with Crippen molar-refractivity contribution in [3.8, 4) is 11.5 Å². The second-order valence-corrected chi connectivity index (χ2v) is 9.68. The van der Waals surface area contributed by atoms with Crippen LogP contribution in [0.25, 0.3) is 0 Å². The first-order valence-electron chi connectivity index (χ1n) is 11.9. The molecule has 2 aromatic rings. The molecule has 17 heteroatoms. The lowest BCUT2D eigenvalue weighted by molar-refractivity contribution is -0.174. The Hall–Kier alpha value is -3.72. The average Bonchev–Trinajstić information content (AvgIpc) is 3.10. The SMILES string of the molecule is CC(=O)O[C@@H]1[C@@H](COc2ccc(O/[P+]([O-])=N/N[C@@H](C)C(=O)OC(C)C)cc2)O[C@@H](n2ccc(N)nc2=O)C1(F)F. The van der Waals surface area contributed by atoms with Crippen molar-refractivity contribution in [3.05, 3.63) is 47.0 Å². The third-order valence-electron chi connectivity index (χ3n) is 5.21. The van der Waals surface area contributed by atoms with Gasteiger partial charge >= 0.3 is 31.7 Å². The first-order chi connectivity index (χ1) is 18.8. The van der Waals surface area contributed by atoms with Crippen LogP contribution in [-0.4, -0.2) is 58.4 Å². The van der Waals surface area contributed by atoms with E-state index in [0.29, 0.717) is 4.57 Å². The van der Waals surface area contributed by atoms with Crippen molar-refractivity contribution in [2.75, 3.05) is 12.3 Å². The average molecular weight is 587 g/mol. The molecule has 3 N–H and O–H groups in total. The van der Waals surface area contributed by atoms with Crippen LogP contribution in [0.1, 0.15) is 33.9 Å². The normalized spacial score (nSPS) is 21.1. The van der Waals surface area contributed by atoms with Crippen LogP contribution in [0.15, 0.2) is 46.2 Å². The van der Waals surface area contributed by atoms with Gasteiger partial charge in [0.05, 0.1) is 6.10 Å². The summed E-state index contributed by atoms with van der Waals surface area (Å²) < 4.78 is 56.9. The van der Waals surface area contributed by atoms with Crippen LogP contribution in [-0.2, 0) is 23.8 Å². The number of benzene rings is 1. The highest BCUT2D eigenvalue weighted by Crippen LogP contribution is 2.44. The summed E-state index contributed by atoms with van der Waals surface area (Å²) in [5, 5.41) is 0. The van der Waals surface area contributed by atoms with Gasteiger partial charge in [0.15, 0.2) is 11.9 Å². The number of ether oxygens (including phenoxy) is 4. The summed E-state index contributed by atoms with van der Waals surface area (Å²) in [5.41, 5.74) is 6.74. The van der Waals surface area contributed by atoms with Crippen molar-refractivity contribution in [2.45, 2.75) is 64.2 Å². The molecule has 0 bridgehead atoms. The molecule has 0 radical (unpaired) electrons. The summed E-state index contributed by atoms with van der Waals surface area (Å²) >= 11 is 0. The largest absolute Gasteiger partial charge is 0.574 e. The highest BCUT2D eigenvalue weighted by Gasteiger charge is 2.62. The van der Waals surface area contributed by atoms with Gasteiger partial charge in [0.1, 0.15) is 30.3 Å². The van der Waals surface area contributed by atoms with E-state index in [1.807, 2.05) is 0 Å². The van der Waals surface area contributed by atoms with Crippen LogP contribution in [0.2, 0.25) is 0 Å². The standard InChI is InChI=1S/C23H28F2N5O9P/c1-12(2)36-20(32)13(3)28-29-40(34)39-16-7-5-15(6-8-16)35-11-17-19(37-14(4)31)23(24,25)21(38-17)30-10-9-18(26)27-22(30)33/h5-10,12-13,17,19,21,28H,11H2,1-4H3,(H2,26,27,33)/t13-,17+,19+,21+/m0/s1. The Kier molecular flexibility index (Phi) is 10.1. The van der Waals surface area contributed by atoms with E-state index in [-0.39, 0.29) is 23.4 Å². The molecule has 14 nitrogen and oxygen atoms in total. The summed E-state index contributed by atoms with van der Waals surface area (Å²) in [5.74, 6) is -5.22. The number of hydrogen-bond acceptors (Lipinski definition) is 12. The van der Waals surface area contributed by atoms with E-state index in [9.17, 15) is 19.3 Å². The van der Waals surface area contributed by atoms with Gasteiger partial charge in [0.25, 0.3) is 0 Å². The Morgan fingerprint density at radius 3 is 2.50 bits per heavy atom. The molecule has 40 heavy (non-hydrogen) atoms. The van der Waals surface area contributed by atoms with Crippen molar-refractivity contribution in [1.82, 2.24) is 15.0 Å². The molecule has 218 valence electrons. The summed E-state index contributed by atoms with van der Waals surface area (Å²) in [7, 11) is -2.59. The van der Waals surface area contributed by atoms with E-state index in [4.69, 9.17) is 29.2 Å². The van der Waals surface area contributed by atoms with Crippen LogP contribution in [0, 0.1) is 0 Å². The number of rotatable bonds is 11. The van der Waals surface area contributed by atoms with Gasteiger partial charge in [-0.2, -0.15) is 19.2 Å². The predicted octanol–water partition coefficient (Wildman–Crippen LogP) is 1.45. The maximum absolute atomic E-state index is 15.2. The van der Waals surface area contributed by atoms with Gasteiger partial charge in [-0.15, -0.1) is 0 Å². The predicted molar refractivity (Wildman–Crippen MR) is 133 cm³/mol. The number of esters is 2. The maximum atomic E-state index is 15.2. The minimum absolute atomic E-state index is 0.133. The molecule has 0 amide bonds. The van der Waals surface area contributed by atoms with Crippen molar-refractivity contribution < 1.29 is 46.7 Å². The minimum atomic E-state index is -3.81. The van der Waals surface area contributed by atoms with Crippen molar-refractivity contribution in [2.24, 2.45) is 4.85 Å². The number of alkyl halides is 2. The Bertz CT molecular complexity index is 1290. The fourth-order valence-corrected chi connectivity index (χ4v) is 4.05. The molecule has 0 saturated carbocycles. The van der Waals surface area contributed by atoms with E-state index in [1.54, 1.807) is 13.8 Å². The number of nitrogens with two attached hydrogens (primary N) is 1. The van der Waals surface area contributed by atoms with Gasteiger partial charge < -0.3 is 29.6 Å². The zero-order valence-electron chi connectivity index (χ0n) is 21.9. The lowest BCUT2D eigenvalue weighted by Gasteiger charge is -2.23. The quantitative estimate of drug-likeness (QED) is 0.219. The van der Waals surface area contributed by atoms with Crippen LogP contribution in [0.4, 0.5) is 14.6 Å². The third kappa shape index (κ3) is 7.91. The summed E-state index contributed by atoms with van der Waals surface area (Å²) in [6.45, 7) is 5.32. The molecule has 1 aliphatic rings. The second kappa shape index (κ2) is 13.1. The molecule has 1 aliphatic heterocycles. The lowest BCUT2D eigenvalue weighted by Crippen LogP contribution is -2.44. The zero-order valence-corrected chi connectivity index (χ0v) is 22.7. The van der Waals surface area contributed by atoms with E-state index in [1.165, 1.54) is 31.2 Å². The van der Waals surface area contributed by atoms with Gasteiger partial charge in [-0.1, -0.05) is 0 Å². The second-order valence-electron chi connectivity index (χ2n) is 8.82. The molecule has 2 heterocycles. The molecule has 0 spiro atoms. The fraction of sp³-hybridized carbons (Fsp3) is 0.478. The molecule has 1 saturated heterocycles. The molecule has 1 aromatic heterocycles. The molecule has 0 aliphatic carbocycles. The van der Waals surface area contributed by atoms with E-state index in [0.717, 1.165) is 19.2 Å². The van der Waals surface area contributed by atoms with Crippen LogP contribution < -0.4 is 31.0 Å². The van der Waals surface area contributed by atoms with E-state index < -0.39 is 62.8 Å². The van der Waals surface area contributed by atoms with E-state index >= 15 is 8.78 Å². The Labute approximate surface area is 227 Å². The third-order valence-corrected chi connectivity index (χ3v) is 5.85. The zero-order chi connectivity index (χ0) is 29.6. The van der Waals surface area contributed by atoms with Crippen LogP contribution in [0.5, 0.6) is 11.5 Å². The number of aromatic nitrogens is 2. The number of nitrogens with zero attached hydrogens (tertiary/aromatic N) is 3. The summed E-state index contributed by atoms with van der Waals surface area (Å²) in [6.07, 6.45) is -4.99. The molecular weight excluding hydrogens is 559 g/mol. The molecule has 3 rings (SSSR count). The van der Waals surface area contributed by atoms with E-state index in [2.05, 4.69) is 15.3 Å². The maximum Gasteiger partial charge on any atom is 0.412 e. The van der Waals surface area contributed by atoms with Crippen molar-refractivity contribution in [1.29, 1.82) is 0 Å². The Balaban J connectivity index is 1.63. The van der Waals surface area contributed by atoms with Gasteiger partial charge in [0.2, 0.25) is 6.23 Å². The van der Waals surface area contributed by atoms with Gasteiger partial charge in [-0.25, -0.2) is 4.79 Å². The number of carbonyl (C=O) groups excluding carboxylic acids is 2. The lowest BCUT2D eigenvalue weighted by atomic mass is 10.1. The van der Waals surface area contributed by atoms with Gasteiger partial charge in [-0.3, -0.25) is 18.7 Å². The Morgan fingerprint density at radius 1 is 1.25 bits per heavy atom. The molecular formula is C23H28F2N5O9P. The number of nitrogen functional groups attached to an aromatic ring is 1. The highest BCUT2D eigenvalue weighted by atomic mass is 31.1. The monoisotopic (exact) mass is 587 g/mol. The molecule has 1 fully saturated rings. The molecule has 1 aromatic carbocycles. The van der Waals surface area contributed by atoms with Gasteiger partial charge in [0, 0.05) is 18.0 Å². The van der Waals surface area contributed by atoms with Crippen molar-refractivity contribution >= 4 is 25.9 Å². The first-order valence-corrected chi connectivity index (χ1v) is 13.0. The number of hydrogen-bond donors (Lipinski definition) is 2. The number of nitrogens with one attached hydrogen (secondary N) is 1. The fourth-order valence-electron chi connectivity index (χ4n) is 3.44. The Morgan fingerprint density at radius 2 is 1.90 bits per heavy atom. The summed E-state index contributed by atoms with van der Waals surface area (Å²) in [6, 6.07) is 5.85. The topological polar surface area (TPSA) is 189 Å². The highest BCUT2D eigenvalue weighted by molar-refractivity contribution is 7.33. The van der Waals surface area contributed by atoms with Crippen molar-refractivity contribution in [3.63, 3.8) is 0 Å². The van der Waals surface area contributed by atoms with Crippen LogP contribution >= 0.6 is 8.17 Å². The smallest absolute Gasteiger partial charge is 0.412 e. The number of halogens is 2. The first kappa shape index (κ1) is 30.8. The number of carbonyl (C=O) groups is 2. The van der Waals surface area contributed by atoms with Gasteiger partial charge in [-0.05, 0) is 51.1 Å².